The Balaban J connectivity index is 1.32. The van der Waals surface area contributed by atoms with Gasteiger partial charge in [-0.15, -0.1) is 11.3 Å². The van der Waals surface area contributed by atoms with Gasteiger partial charge in [-0.05, 0) is 73.4 Å². The van der Waals surface area contributed by atoms with Gasteiger partial charge in [0.2, 0.25) is 0 Å². The number of anilines is 1. The maximum atomic E-state index is 12.9. The van der Waals surface area contributed by atoms with E-state index in [2.05, 4.69) is 10.6 Å². The lowest BCUT2D eigenvalue weighted by Gasteiger charge is -2.18. The van der Waals surface area contributed by atoms with Gasteiger partial charge in [0.15, 0.2) is 11.5 Å². The van der Waals surface area contributed by atoms with Gasteiger partial charge in [-0.2, -0.15) is 0 Å². The zero-order valence-electron chi connectivity index (χ0n) is 17.1. The molecule has 2 aliphatic rings. The van der Waals surface area contributed by atoms with Crippen molar-refractivity contribution < 1.29 is 19.1 Å². The fraction of sp³-hybridized carbons (Fsp3) is 0.250. The molecule has 1 saturated carbocycles. The monoisotopic (exact) mass is 434 g/mol. The molecule has 0 atom stereocenters. The molecule has 1 aliphatic heterocycles. The maximum absolute atomic E-state index is 12.9. The summed E-state index contributed by atoms with van der Waals surface area (Å²) in [5.74, 6) is 1.16. The van der Waals surface area contributed by atoms with E-state index in [1.54, 1.807) is 12.1 Å². The van der Waals surface area contributed by atoms with E-state index in [1.165, 1.54) is 11.3 Å². The van der Waals surface area contributed by atoms with Crippen molar-refractivity contribution in [2.75, 3.05) is 18.5 Å². The van der Waals surface area contributed by atoms with Crippen molar-refractivity contribution >= 4 is 28.8 Å². The van der Waals surface area contributed by atoms with Gasteiger partial charge in [0.25, 0.3) is 11.8 Å². The molecule has 2 heterocycles. The smallest absolute Gasteiger partial charge is 0.265 e. The fourth-order valence-electron chi connectivity index (χ4n) is 3.39. The third-order valence-corrected chi connectivity index (χ3v) is 6.45. The lowest BCUT2D eigenvalue weighted by atomic mass is 10.1. The summed E-state index contributed by atoms with van der Waals surface area (Å²) >= 11 is 1.41. The predicted molar refractivity (Wildman–Crippen MR) is 120 cm³/mol. The van der Waals surface area contributed by atoms with Gasteiger partial charge in [-0.3, -0.25) is 9.59 Å². The molecule has 0 saturated heterocycles. The molecular weight excluding hydrogens is 412 g/mol. The minimum absolute atomic E-state index is 0.102. The Morgan fingerprint density at radius 3 is 2.55 bits per heavy atom. The van der Waals surface area contributed by atoms with E-state index >= 15 is 0 Å². The first-order valence-corrected chi connectivity index (χ1v) is 11.1. The normalized spacial score (nSPS) is 14.7. The number of ether oxygens (including phenoxy) is 2. The highest BCUT2D eigenvalue weighted by Crippen LogP contribution is 2.37. The first-order chi connectivity index (χ1) is 15.1. The largest absolute Gasteiger partial charge is 0.486 e. The van der Waals surface area contributed by atoms with Crippen molar-refractivity contribution in [1.29, 1.82) is 0 Å². The van der Waals surface area contributed by atoms with Crippen LogP contribution >= 0.6 is 11.3 Å². The number of rotatable bonds is 5. The van der Waals surface area contributed by atoms with E-state index in [-0.39, 0.29) is 17.9 Å². The molecule has 2 amide bonds. The van der Waals surface area contributed by atoms with Crippen LogP contribution in [0.5, 0.6) is 11.5 Å². The zero-order chi connectivity index (χ0) is 21.4. The van der Waals surface area contributed by atoms with Gasteiger partial charge in [-0.1, -0.05) is 6.07 Å². The number of fused-ring (bicyclic) bond motifs is 1. The van der Waals surface area contributed by atoms with Crippen LogP contribution in [0.15, 0.2) is 48.5 Å². The topological polar surface area (TPSA) is 76.7 Å². The highest BCUT2D eigenvalue weighted by molar-refractivity contribution is 7.17. The molecule has 1 aliphatic carbocycles. The second kappa shape index (κ2) is 8.07. The molecule has 158 valence electrons. The van der Waals surface area contributed by atoms with Crippen molar-refractivity contribution in [2.24, 2.45) is 0 Å². The summed E-state index contributed by atoms with van der Waals surface area (Å²) in [5.41, 5.74) is 3.07. The highest BCUT2D eigenvalue weighted by Gasteiger charge is 2.24. The number of thiophene rings is 1. The van der Waals surface area contributed by atoms with E-state index in [0.29, 0.717) is 29.3 Å². The Labute approximate surface area is 184 Å². The summed E-state index contributed by atoms with van der Waals surface area (Å²) in [6, 6.07) is 15.2. The molecule has 6 nitrogen and oxygen atoms in total. The number of benzene rings is 2. The molecule has 31 heavy (non-hydrogen) atoms. The zero-order valence-corrected chi connectivity index (χ0v) is 17.9. The number of amides is 2. The Bertz CT molecular complexity index is 1170. The third kappa shape index (κ3) is 4.27. The molecule has 1 aromatic heterocycles. The van der Waals surface area contributed by atoms with Crippen LogP contribution in [0.3, 0.4) is 0 Å². The molecule has 2 aromatic carbocycles. The SMILES string of the molecule is Cc1ccc(C(=O)NC2CC2)cc1NC(=O)c1ccc(-c2ccc3c(c2)OCCO3)s1. The summed E-state index contributed by atoms with van der Waals surface area (Å²) in [4.78, 5) is 26.8. The summed E-state index contributed by atoms with van der Waals surface area (Å²) in [5, 5.41) is 5.93. The molecule has 0 radical (unpaired) electrons. The van der Waals surface area contributed by atoms with Gasteiger partial charge in [-0.25, -0.2) is 0 Å². The van der Waals surface area contributed by atoms with Crippen LogP contribution in [-0.2, 0) is 0 Å². The van der Waals surface area contributed by atoms with Gasteiger partial charge in [0.1, 0.15) is 13.2 Å². The molecule has 1 fully saturated rings. The van der Waals surface area contributed by atoms with Crippen molar-refractivity contribution in [3.05, 3.63) is 64.5 Å². The van der Waals surface area contributed by atoms with E-state index in [1.807, 2.05) is 43.3 Å². The lowest BCUT2D eigenvalue weighted by Crippen LogP contribution is -2.25. The second-order valence-electron chi connectivity index (χ2n) is 7.75. The number of nitrogens with one attached hydrogen (secondary N) is 2. The number of hydrogen-bond donors (Lipinski definition) is 2. The van der Waals surface area contributed by atoms with E-state index in [0.717, 1.165) is 40.3 Å². The minimum atomic E-state index is -0.198. The lowest BCUT2D eigenvalue weighted by molar-refractivity contribution is 0.0949. The minimum Gasteiger partial charge on any atom is -0.486 e. The number of carbonyl (C=O) groups is 2. The summed E-state index contributed by atoms with van der Waals surface area (Å²) in [6.07, 6.45) is 2.07. The van der Waals surface area contributed by atoms with Crippen molar-refractivity contribution in [2.45, 2.75) is 25.8 Å². The highest BCUT2D eigenvalue weighted by atomic mass is 32.1. The van der Waals surface area contributed by atoms with Crippen LogP contribution in [0.4, 0.5) is 5.69 Å². The Hall–Kier alpha value is -3.32. The maximum Gasteiger partial charge on any atom is 0.265 e. The second-order valence-corrected chi connectivity index (χ2v) is 8.84. The Morgan fingerprint density at radius 1 is 0.935 bits per heavy atom. The first kappa shape index (κ1) is 19.6. The van der Waals surface area contributed by atoms with Crippen LogP contribution in [0.1, 0.15) is 38.4 Å². The fourth-order valence-corrected chi connectivity index (χ4v) is 4.29. The van der Waals surface area contributed by atoms with Gasteiger partial charge >= 0.3 is 0 Å². The van der Waals surface area contributed by atoms with Crippen LogP contribution in [0, 0.1) is 6.92 Å². The molecule has 7 heteroatoms. The van der Waals surface area contributed by atoms with Crippen LogP contribution < -0.4 is 20.1 Å². The van der Waals surface area contributed by atoms with Gasteiger partial charge < -0.3 is 20.1 Å². The standard InChI is InChI=1S/C24H22N2O4S/c1-14-2-3-16(23(27)25-17-5-6-17)12-18(14)26-24(28)22-9-8-21(31-22)15-4-7-19-20(13-15)30-11-10-29-19/h2-4,7-9,12-13,17H,5-6,10-11H2,1H3,(H,25,27)(H,26,28). The third-order valence-electron chi connectivity index (χ3n) is 5.32. The number of carbonyl (C=O) groups excluding carboxylic acids is 2. The van der Waals surface area contributed by atoms with Crippen molar-refractivity contribution in [1.82, 2.24) is 5.32 Å². The van der Waals surface area contributed by atoms with E-state index in [9.17, 15) is 9.59 Å². The summed E-state index contributed by atoms with van der Waals surface area (Å²) in [6.45, 7) is 3.00. The predicted octanol–water partition coefficient (Wildman–Crippen LogP) is 4.64. The average Bonchev–Trinajstić information content (AvgIpc) is 3.45. The quantitative estimate of drug-likeness (QED) is 0.613. The van der Waals surface area contributed by atoms with Gasteiger partial charge in [0, 0.05) is 22.2 Å². The molecule has 2 N–H and O–H groups in total. The van der Waals surface area contributed by atoms with Crippen LogP contribution in [0.2, 0.25) is 0 Å². The summed E-state index contributed by atoms with van der Waals surface area (Å²) < 4.78 is 11.2. The first-order valence-electron chi connectivity index (χ1n) is 10.3. The summed E-state index contributed by atoms with van der Waals surface area (Å²) in [7, 11) is 0. The average molecular weight is 435 g/mol. The molecule has 0 unspecified atom stereocenters. The molecular formula is C24H22N2O4S. The number of aryl methyl sites for hydroxylation is 1. The van der Waals surface area contributed by atoms with Crippen LogP contribution in [-0.4, -0.2) is 31.1 Å². The molecule has 3 aromatic rings. The van der Waals surface area contributed by atoms with Gasteiger partial charge in [0.05, 0.1) is 4.88 Å². The van der Waals surface area contributed by atoms with E-state index < -0.39 is 0 Å². The van der Waals surface area contributed by atoms with E-state index in [4.69, 9.17) is 9.47 Å². The number of hydrogen-bond acceptors (Lipinski definition) is 5. The Kier molecular flexibility index (Phi) is 5.11. The molecule has 5 rings (SSSR count). The Morgan fingerprint density at radius 2 is 1.74 bits per heavy atom. The van der Waals surface area contributed by atoms with Crippen molar-refractivity contribution in [3.63, 3.8) is 0 Å². The molecule has 0 bridgehead atoms. The molecule has 0 spiro atoms. The van der Waals surface area contributed by atoms with Crippen LogP contribution in [0.25, 0.3) is 10.4 Å². The van der Waals surface area contributed by atoms with Crippen molar-refractivity contribution in [3.8, 4) is 21.9 Å².